The quantitative estimate of drug-likeness (QED) is 0.386. The largest absolute Gasteiger partial charge is 0.497 e. The van der Waals surface area contributed by atoms with E-state index in [2.05, 4.69) is 9.82 Å². The molecule has 4 aromatic rings. The van der Waals surface area contributed by atoms with E-state index >= 15 is 0 Å². The molecule has 8 nitrogen and oxygen atoms in total. The number of sulfonamides is 1. The Bertz CT molecular complexity index is 1400. The Labute approximate surface area is 196 Å². The molecule has 0 saturated heterocycles. The van der Waals surface area contributed by atoms with Gasteiger partial charge in [-0.1, -0.05) is 0 Å². The lowest BCUT2D eigenvalue weighted by molar-refractivity contribution is 0.287. The van der Waals surface area contributed by atoms with Crippen LogP contribution in [0.4, 0.5) is 4.39 Å². The van der Waals surface area contributed by atoms with Crippen LogP contribution in [0, 0.1) is 5.82 Å². The molecule has 1 aromatic heterocycles. The first-order chi connectivity index (χ1) is 16.3. The predicted molar refractivity (Wildman–Crippen MR) is 126 cm³/mol. The van der Waals surface area contributed by atoms with Crippen LogP contribution in [-0.4, -0.2) is 45.1 Å². The molecule has 0 unspecified atom stereocenters. The van der Waals surface area contributed by atoms with Crippen molar-refractivity contribution < 1.29 is 27.0 Å². The number of nitrogens with one attached hydrogen (secondary N) is 1. The highest BCUT2D eigenvalue weighted by Crippen LogP contribution is 2.28. The summed E-state index contributed by atoms with van der Waals surface area (Å²) in [6, 6.07) is 15.5. The van der Waals surface area contributed by atoms with Crippen LogP contribution in [0.3, 0.4) is 0 Å². The number of fused-ring (bicyclic) bond motifs is 1. The molecule has 0 fully saturated rings. The standard InChI is InChI=1S/C24H24FN3O5S/c1-16(27-34(29,30)24-13-20(31-2)9-11-23(24)32-3)15-33-21-8-10-22-17(12-21)14-26-28(22)19-6-4-18(25)5-7-19/h4-14,16,27H,15H2,1-3H3/t16-/m0/s1. The van der Waals surface area contributed by atoms with E-state index in [1.54, 1.807) is 42.1 Å². The van der Waals surface area contributed by atoms with Crippen molar-refractivity contribution in [2.75, 3.05) is 20.8 Å². The molecule has 0 aliphatic carbocycles. The number of rotatable bonds is 9. The molecule has 34 heavy (non-hydrogen) atoms. The number of hydrogen-bond donors (Lipinski definition) is 1. The summed E-state index contributed by atoms with van der Waals surface area (Å²) in [5.74, 6) is 0.867. The first kappa shape index (κ1) is 23.5. The van der Waals surface area contributed by atoms with Crippen LogP contribution < -0.4 is 18.9 Å². The van der Waals surface area contributed by atoms with Gasteiger partial charge in [-0.15, -0.1) is 0 Å². The zero-order chi connectivity index (χ0) is 24.3. The van der Waals surface area contributed by atoms with E-state index in [1.165, 1.54) is 38.5 Å². The van der Waals surface area contributed by atoms with E-state index in [1.807, 2.05) is 12.1 Å². The summed E-state index contributed by atoms with van der Waals surface area (Å²) in [4.78, 5) is -0.0178. The fourth-order valence-corrected chi connectivity index (χ4v) is 4.88. The number of nitrogens with zero attached hydrogens (tertiary/aromatic N) is 2. The fourth-order valence-electron chi connectivity index (χ4n) is 3.47. The molecule has 0 bridgehead atoms. The zero-order valence-corrected chi connectivity index (χ0v) is 19.7. The number of hydrogen-bond acceptors (Lipinski definition) is 6. The SMILES string of the molecule is COc1ccc(OC)c(S(=O)(=O)N[C@@H](C)COc2ccc3c(cnn3-c3ccc(F)cc3)c2)c1. The minimum atomic E-state index is -3.88. The molecule has 4 rings (SSSR count). The summed E-state index contributed by atoms with van der Waals surface area (Å²) in [5, 5.41) is 5.20. The summed E-state index contributed by atoms with van der Waals surface area (Å²) in [5.41, 5.74) is 1.57. The lowest BCUT2D eigenvalue weighted by Gasteiger charge is -2.17. The topological polar surface area (TPSA) is 91.7 Å². The van der Waals surface area contributed by atoms with Crippen molar-refractivity contribution in [3.8, 4) is 22.9 Å². The van der Waals surface area contributed by atoms with Gasteiger partial charge >= 0.3 is 0 Å². The molecule has 1 N–H and O–H groups in total. The lowest BCUT2D eigenvalue weighted by atomic mass is 10.2. The van der Waals surface area contributed by atoms with Gasteiger partial charge in [-0.2, -0.15) is 5.10 Å². The number of benzene rings is 3. The van der Waals surface area contributed by atoms with Crippen LogP contribution in [-0.2, 0) is 10.0 Å². The van der Waals surface area contributed by atoms with Crippen molar-refractivity contribution in [1.29, 1.82) is 0 Å². The maximum Gasteiger partial charge on any atom is 0.244 e. The molecule has 178 valence electrons. The van der Waals surface area contributed by atoms with Gasteiger partial charge in [-0.3, -0.25) is 0 Å². The van der Waals surface area contributed by atoms with Crippen LogP contribution >= 0.6 is 0 Å². The Hall–Kier alpha value is -3.63. The van der Waals surface area contributed by atoms with Crippen LogP contribution in [0.1, 0.15) is 6.92 Å². The Morgan fingerprint density at radius 3 is 2.44 bits per heavy atom. The van der Waals surface area contributed by atoms with E-state index in [9.17, 15) is 12.8 Å². The molecule has 0 aliphatic rings. The molecular formula is C24H24FN3O5S. The molecule has 0 aliphatic heterocycles. The van der Waals surface area contributed by atoms with Crippen molar-refractivity contribution >= 4 is 20.9 Å². The van der Waals surface area contributed by atoms with Gasteiger partial charge in [0, 0.05) is 11.5 Å². The summed E-state index contributed by atoms with van der Waals surface area (Å²) in [7, 11) is -1.01. The number of halogens is 1. The Morgan fingerprint density at radius 1 is 1.00 bits per heavy atom. The molecule has 0 spiro atoms. The fraction of sp³-hybridized carbons (Fsp3) is 0.208. The van der Waals surface area contributed by atoms with Gasteiger partial charge in [-0.25, -0.2) is 22.2 Å². The zero-order valence-electron chi connectivity index (χ0n) is 18.9. The average molecular weight is 486 g/mol. The summed E-state index contributed by atoms with van der Waals surface area (Å²) in [6.45, 7) is 1.80. The van der Waals surface area contributed by atoms with Gasteiger partial charge < -0.3 is 14.2 Å². The summed E-state index contributed by atoms with van der Waals surface area (Å²) in [6.07, 6.45) is 1.69. The average Bonchev–Trinajstić information content (AvgIpc) is 3.26. The highest BCUT2D eigenvalue weighted by molar-refractivity contribution is 7.89. The maximum absolute atomic E-state index is 13.2. The van der Waals surface area contributed by atoms with Crippen LogP contribution in [0.5, 0.6) is 17.2 Å². The van der Waals surface area contributed by atoms with Gasteiger partial charge in [0.25, 0.3) is 0 Å². The highest BCUT2D eigenvalue weighted by atomic mass is 32.2. The number of methoxy groups -OCH3 is 2. The monoisotopic (exact) mass is 485 g/mol. The van der Waals surface area contributed by atoms with Gasteiger partial charge in [0.2, 0.25) is 10.0 Å². The van der Waals surface area contributed by atoms with Gasteiger partial charge in [0.05, 0.1) is 37.7 Å². The highest BCUT2D eigenvalue weighted by Gasteiger charge is 2.23. The lowest BCUT2D eigenvalue weighted by Crippen LogP contribution is -2.36. The third-order valence-electron chi connectivity index (χ3n) is 5.13. The minimum absolute atomic E-state index is 0.0178. The van der Waals surface area contributed by atoms with Gasteiger partial charge in [0.1, 0.15) is 34.6 Å². The number of ether oxygens (including phenoxy) is 3. The smallest absolute Gasteiger partial charge is 0.244 e. The molecule has 0 saturated carbocycles. The minimum Gasteiger partial charge on any atom is -0.497 e. The Balaban J connectivity index is 1.45. The van der Waals surface area contributed by atoms with E-state index in [0.29, 0.717) is 11.5 Å². The Morgan fingerprint density at radius 2 is 1.74 bits per heavy atom. The van der Waals surface area contributed by atoms with Crippen molar-refractivity contribution in [2.24, 2.45) is 0 Å². The second-order valence-corrected chi connectivity index (χ2v) is 9.29. The van der Waals surface area contributed by atoms with Crippen LogP contribution in [0.15, 0.2) is 71.8 Å². The normalized spacial score (nSPS) is 12.5. The third kappa shape index (κ3) is 4.97. The second kappa shape index (κ2) is 9.70. The van der Waals surface area contributed by atoms with E-state index < -0.39 is 16.1 Å². The van der Waals surface area contributed by atoms with Crippen molar-refractivity contribution in [3.05, 3.63) is 72.7 Å². The first-order valence-corrected chi connectivity index (χ1v) is 11.9. The molecular weight excluding hydrogens is 461 g/mol. The summed E-state index contributed by atoms with van der Waals surface area (Å²) < 4.78 is 59.5. The molecule has 0 amide bonds. The number of aromatic nitrogens is 2. The van der Waals surface area contributed by atoms with Crippen molar-refractivity contribution in [3.63, 3.8) is 0 Å². The summed E-state index contributed by atoms with van der Waals surface area (Å²) >= 11 is 0. The van der Waals surface area contributed by atoms with Crippen LogP contribution in [0.25, 0.3) is 16.6 Å². The third-order valence-corrected chi connectivity index (χ3v) is 6.74. The second-order valence-electron chi connectivity index (χ2n) is 7.60. The molecule has 1 heterocycles. The van der Waals surface area contributed by atoms with E-state index in [-0.39, 0.29) is 23.1 Å². The first-order valence-electron chi connectivity index (χ1n) is 10.4. The maximum atomic E-state index is 13.2. The van der Waals surface area contributed by atoms with Crippen molar-refractivity contribution in [2.45, 2.75) is 17.9 Å². The Kier molecular flexibility index (Phi) is 6.71. The molecule has 3 aromatic carbocycles. The molecule has 0 radical (unpaired) electrons. The molecule has 1 atom stereocenters. The predicted octanol–water partition coefficient (Wildman–Crippen LogP) is 3.93. The molecule has 10 heteroatoms. The van der Waals surface area contributed by atoms with E-state index in [4.69, 9.17) is 14.2 Å². The van der Waals surface area contributed by atoms with Crippen LogP contribution in [0.2, 0.25) is 0 Å². The van der Waals surface area contributed by atoms with Gasteiger partial charge in [0.15, 0.2) is 0 Å². The van der Waals surface area contributed by atoms with Gasteiger partial charge in [-0.05, 0) is 61.5 Å². The van der Waals surface area contributed by atoms with E-state index in [0.717, 1.165) is 16.6 Å². The van der Waals surface area contributed by atoms with Crippen molar-refractivity contribution in [1.82, 2.24) is 14.5 Å².